The molecule has 2 aromatic heterocycles. The van der Waals surface area contributed by atoms with E-state index < -0.39 is 27.9 Å². The molecule has 42 heavy (non-hydrogen) atoms. The fourth-order valence-electron chi connectivity index (χ4n) is 4.29. The van der Waals surface area contributed by atoms with Crippen LogP contribution >= 0.6 is 11.3 Å². The summed E-state index contributed by atoms with van der Waals surface area (Å²) in [6, 6.07) is 16.1. The summed E-state index contributed by atoms with van der Waals surface area (Å²) in [5.41, 5.74) is 0.474. The van der Waals surface area contributed by atoms with Crippen molar-refractivity contribution in [1.29, 1.82) is 0 Å². The molecule has 0 spiro atoms. The number of carbonyl (C=O) groups is 2. The molecule has 2 heterocycles. The summed E-state index contributed by atoms with van der Waals surface area (Å²) in [5, 5.41) is 2.36. The van der Waals surface area contributed by atoms with Gasteiger partial charge < -0.3 is 19.4 Å². The number of aromatic amines is 1. The Morgan fingerprint density at radius 2 is 1.86 bits per heavy atom. The highest BCUT2D eigenvalue weighted by molar-refractivity contribution is 7.89. The van der Waals surface area contributed by atoms with Gasteiger partial charge in [-0.05, 0) is 60.5 Å². The number of H-pyrrole nitrogens is 1. The zero-order valence-electron chi connectivity index (χ0n) is 23.4. The number of unbranched alkanes of at least 4 members (excludes halogenated alkanes) is 1. The van der Waals surface area contributed by atoms with Crippen molar-refractivity contribution in [2.75, 3.05) is 19.8 Å². The predicted octanol–water partition coefficient (Wildman–Crippen LogP) is 4.38. The minimum absolute atomic E-state index is 0.0791. The van der Waals surface area contributed by atoms with Crippen LogP contribution in [0.5, 0.6) is 5.75 Å². The number of hydrogen-bond acceptors (Lipinski definition) is 8. The Labute approximate surface area is 248 Å². The maximum absolute atomic E-state index is 14.3. The highest BCUT2D eigenvalue weighted by Gasteiger charge is 2.34. The highest BCUT2D eigenvalue weighted by atomic mass is 32.2. The summed E-state index contributed by atoms with van der Waals surface area (Å²) < 4.78 is 41.2. The molecule has 10 nitrogen and oxygen atoms in total. The van der Waals surface area contributed by atoms with Gasteiger partial charge in [0.15, 0.2) is 0 Å². The number of nitrogens with one attached hydrogen (secondary N) is 2. The molecule has 2 N–H and O–H groups in total. The number of aromatic nitrogens is 1. The second-order valence-electron chi connectivity index (χ2n) is 9.44. The zero-order chi connectivity index (χ0) is 30.1. The highest BCUT2D eigenvalue weighted by Crippen LogP contribution is 2.30. The molecule has 4 aromatic rings. The quantitative estimate of drug-likeness (QED) is 0.160. The third-order valence-corrected chi connectivity index (χ3v) is 8.66. The number of nitrogens with zero attached hydrogens (tertiary/aromatic N) is 1. The molecule has 1 atom stereocenters. The molecule has 0 aliphatic carbocycles. The molecule has 222 valence electrons. The number of esters is 1. The van der Waals surface area contributed by atoms with Gasteiger partial charge in [0.25, 0.3) is 0 Å². The van der Waals surface area contributed by atoms with Gasteiger partial charge in [0.2, 0.25) is 21.5 Å². The summed E-state index contributed by atoms with van der Waals surface area (Å²) in [6.07, 6.45) is 1.66. The molecule has 0 fully saturated rings. The first kappa shape index (κ1) is 30.9. The second-order valence-corrected chi connectivity index (χ2v) is 12.2. The number of hydrogen-bond donors (Lipinski definition) is 2. The molecule has 2 aromatic carbocycles. The summed E-state index contributed by atoms with van der Waals surface area (Å²) in [6.45, 7) is 3.92. The number of pyridine rings is 1. The molecule has 12 heteroatoms. The molecule has 0 aliphatic heterocycles. The number of carbonyl (C=O) groups excluding carboxylic acids is 2. The average molecular weight is 612 g/mol. The van der Waals surface area contributed by atoms with Crippen LogP contribution in [0.3, 0.4) is 0 Å². The normalized spacial score (nSPS) is 12.1. The van der Waals surface area contributed by atoms with E-state index in [1.165, 1.54) is 46.6 Å². The van der Waals surface area contributed by atoms with Crippen LogP contribution in [0.1, 0.15) is 43.2 Å². The lowest BCUT2D eigenvalue weighted by Gasteiger charge is -2.28. The molecule has 4 rings (SSSR count). The van der Waals surface area contributed by atoms with Crippen LogP contribution in [0.4, 0.5) is 0 Å². The van der Waals surface area contributed by atoms with Gasteiger partial charge in [-0.3, -0.25) is 14.4 Å². The van der Waals surface area contributed by atoms with Crippen LogP contribution in [0.25, 0.3) is 10.9 Å². The molecule has 0 bridgehead atoms. The van der Waals surface area contributed by atoms with E-state index >= 15 is 0 Å². The number of sulfonamides is 1. The fraction of sp³-hybridized carbons (Fsp3) is 0.300. The Hall–Kier alpha value is -4.00. The summed E-state index contributed by atoms with van der Waals surface area (Å²) in [5.74, 6) is -0.896. The molecule has 1 amide bonds. The van der Waals surface area contributed by atoms with E-state index in [9.17, 15) is 22.8 Å². The number of para-hydroxylation sites is 1. The van der Waals surface area contributed by atoms with Crippen LogP contribution in [0.2, 0.25) is 0 Å². The van der Waals surface area contributed by atoms with Crippen LogP contribution < -0.4 is 15.0 Å². The molecular weight excluding hydrogens is 578 g/mol. The van der Waals surface area contributed by atoms with Crippen molar-refractivity contribution in [3.63, 3.8) is 0 Å². The topological polar surface area (TPSA) is 135 Å². The van der Waals surface area contributed by atoms with E-state index in [1.54, 1.807) is 31.2 Å². The van der Waals surface area contributed by atoms with Crippen molar-refractivity contribution in [1.82, 2.24) is 14.6 Å². The van der Waals surface area contributed by atoms with Gasteiger partial charge in [-0.25, -0.2) is 8.42 Å². The largest absolute Gasteiger partial charge is 0.493 e. The third kappa shape index (κ3) is 7.84. The average Bonchev–Trinajstić information content (AvgIpc) is 3.49. The van der Waals surface area contributed by atoms with E-state index in [1.807, 2.05) is 24.4 Å². The lowest BCUT2D eigenvalue weighted by molar-refractivity contribution is -0.149. The number of thiophene rings is 1. The first-order chi connectivity index (χ1) is 20.2. The lowest BCUT2D eigenvalue weighted by atomic mass is 10.0. The second kappa shape index (κ2) is 14.3. The van der Waals surface area contributed by atoms with Crippen molar-refractivity contribution in [2.45, 2.75) is 44.2 Å². The standard InChI is InChI=1S/C30H33N3O7S2/c1-3-5-16-40-26-11-7-6-10-24(26)29(30(36)33(20-28(35)39-4-2)19-22-9-8-17-41-22)32-42(37,38)23-13-14-25-21(18-23)12-15-27(34)31-25/h6-15,17-18,29,32H,3-5,16,19-20H2,1-2H3,(H,31,34)/t29-/m1/s1. The van der Waals surface area contributed by atoms with E-state index in [-0.39, 0.29) is 30.2 Å². The van der Waals surface area contributed by atoms with Crippen LogP contribution in [-0.4, -0.2) is 49.9 Å². The third-order valence-electron chi connectivity index (χ3n) is 6.37. The fourth-order valence-corrected chi connectivity index (χ4v) is 6.22. The molecule has 0 unspecified atom stereocenters. The maximum Gasteiger partial charge on any atom is 0.325 e. The SMILES string of the molecule is CCCCOc1ccccc1[C@@H](NS(=O)(=O)c1ccc2[nH]c(=O)ccc2c1)C(=O)N(CC(=O)OCC)Cc1cccs1. The van der Waals surface area contributed by atoms with Crippen molar-refractivity contribution in [3.8, 4) is 5.75 Å². The van der Waals surface area contributed by atoms with E-state index in [0.717, 1.165) is 17.7 Å². The first-order valence-electron chi connectivity index (χ1n) is 13.6. The Bertz CT molecular complexity index is 1680. The number of benzene rings is 2. The van der Waals surface area contributed by atoms with Crippen molar-refractivity contribution >= 4 is 44.1 Å². The smallest absolute Gasteiger partial charge is 0.325 e. The van der Waals surface area contributed by atoms with E-state index in [4.69, 9.17) is 9.47 Å². The molecule has 0 radical (unpaired) electrons. The first-order valence-corrected chi connectivity index (χ1v) is 15.9. The number of amides is 1. The van der Waals surface area contributed by atoms with Gasteiger partial charge >= 0.3 is 5.97 Å². The Morgan fingerprint density at radius 1 is 1.05 bits per heavy atom. The molecule has 0 aliphatic rings. The van der Waals surface area contributed by atoms with Gasteiger partial charge in [0.05, 0.1) is 24.7 Å². The Balaban J connectivity index is 1.76. The maximum atomic E-state index is 14.3. The van der Waals surface area contributed by atoms with Crippen LogP contribution in [0.15, 0.2) is 81.8 Å². The number of ether oxygens (including phenoxy) is 2. The van der Waals surface area contributed by atoms with E-state index in [0.29, 0.717) is 28.8 Å². The number of rotatable bonds is 14. The summed E-state index contributed by atoms with van der Waals surface area (Å²) >= 11 is 1.41. The van der Waals surface area contributed by atoms with Gasteiger partial charge in [-0.2, -0.15) is 4.72 Å². The minimum atomic E-state index is -4.29. The van der Waals surface area contributed by atoms with Crippen molar-refractivity contribution in [2.24, 2.45) is 0 Å². The molecule has 0 saturated carbocycles. The number of fused-ring (bicyclic) bond motifs is 1. The van der Waals surface area contributed by atoms with Crippen LogP contribution in [0, 0.1) is 0 Å². The molecular formula is C30H33N3O7S2. The van der Waals surface area contributed by atoms with Crippen molar-refractivity contribution in [3.05, 3.63) is 92.9 Å². The zero-order valence-corrected chi connectivity index (χ0v) is 25.0. The Morgan fingerprint density at radius 3 is 2.60 bits per heavy atom. The van der Waals surface area contributed by atoms with Crippen LogP contribution in [-0.2, 0) is 30.9 Å². The van der Waals surface area contributed by atoms with Gasteiger partial charge in [0.1, 0.15) is 18.3 Å². The molecule has 0 saturated heterocycles. The van der Waals surface area contributed by atoms with Gasteiger partial charge in [-0.1, -0.05) is 37.6 Å². The predicted molar refractivity (Wildman–Crippen MR) is 161 cm³/mol. The van der Waals surface area contributed by atoms with Gasteiger partial charge in [0, 0.05) is 22.0 Å². The van der Waals surface area contributed by atoms with Crippen molar-refractivity contribution < 1.29 is 27.5 Å². The Kier molecular flexibility index (Phi) is 10.5. The lowest BCUT2D eigenvalue weighted by Crippen LogP contribution is -2.44. The summed E-state index contributed by atoms with van der Waals surface area (Å²) in [7, 11) is -4.29. The van der Waals surface area contributed by atoms with E-state index in [2.05, 4.69) is 9.71 Å². The monoisotopic (exact) mass is 611 g/mol. The van der Waals surface area contributed by atoms with Gasteiger partial charge in [-0.15, -0.1) is 11.3 Å². The minimum Gasteiger partial charge on any atom is -0.493 e. The summed E-state index contributed by atoms with van der Waals surface area (Å²) in [4.78, 5) is 43.1.